The van der Waals surface area contributed by atoms with Gasteiger partial charge in [-0.2, -0.15) is 4.98 Å². The lowest BCUT2D eigenvalue weighted by atomic mass is 10.2. The second kappa shape index (κ2) is 6.02. The summed E-state index contributed by atoms with van der Waals surface area (Å²) in [5.74, 6) is -0.366. The maximum absolute atomic E-state index is 12.9. The number of hydrogen-bond donors (Lipinski definition) is 0. The molecular weight excluding hydrogens is 333 g/mol. The molecular formula is C15H8Cl2F2N2O. The van der Waals surface area contributed by atoms with E-state index in [0.717, 1.165) is 0 Å². The normalized spacial score (nSPS) is 11.1. The molecule has 0 aliphatic heterocycles. The number of fused-ring (bicyclic) bond motifs is 1. The first kappa shape index (κ1) is 14.9. The Morgan fingerprint density at radius 1 is 0.955 bits per heavy atom. The minimum absolute atomic E-state index is 0.00469. The number of halogens is 4. The largest absolute Gasteiger partial charge is 0.437 e. The predicted octanol–water partition coefficient (Wildman–Crippen LogP) is 5.67. The smallest absolute Gasteiger partial charge is 0.297 e. The third-order valence-electron chi connectivity index (χ3n) is 2.90. The number of benzene rings is 2. The van der Waals surface area contributed by atoms with Crippen LogP contribution in [0.4, 0.5) is 8.78 Å². The first-order valence-corrected chi connectivity index (χ1v) is 6.98. The topological polar surface area (TPSA) is 35.0 Å². The number of alkyl halides is 2. The summed E-state index contributed by atoms with van der Waals surface area (Å²) in [6.45, 7) is 0. The first-order chi connectivity index (χ1) is 10.6. The fraction of sp³-hybridized carbons (Fsp3) is 0.0667. The lowest BCUT2D eigenvalue weighted by Crippen LogP contribution is -1.99. The fourth-order valence-corrected chi connectivity index (χ4v) is 2.24. The highest BCUT2D eigenvalue weighted by Gasteiger charge is 2.17. The minimum Gasteiger partial charge on any atom is -0.437 e. The molecule has 0 atom stereocenters. The van der Waals surface area contributed by atoms with E-state index in [0.29, 0.717) is 15.9 Å². The summed E-state index contributed by atoms with van der Waals surface area (Å²) in [6, 6.07) is 11.5. The summed E-state index contributed by atoms with van der Waals surface area (Å²) in [7, 11) is 0. The van der Waals surface area contributed by atoms with Crippen LogP contribution in [0.2, 0.25) is 10.0 Å². The quantitative estimate of drug-likeness (QED) is 0.616. The number of hydrogen-bond acceptors (Lipinski definition) is 3. The number of rotatable bonds is 3. The summed E-state index contributed by atoms with van der Waals surface area (Å²) < 4.78 is 31.5. The Hall–Kier alpha value is -1.98. The maximum Gasteiger partial charge on any atom is 0.297 e. The van der Waals surface area contributed by atoms with Crippen molar-refractivity contribution in [1.82, 2.24) is 9.97 Å². The average Bonchev–Trinajstić information content (AvgIpc) is 2.51. The van der Waals surface area contributed by atoms with Crippen molar-refractivity contribution in [3.63, 3.8) is 0 Å². The Morgan fingerprint density at radius 3 is 2.50 bits per heavy atom. The number of para-hydroxylation sites is 1. The van der Waals surface area contributed by atoms with E-state index in [-0.39, 0.29) is 16.7 Å². The van der Waals surface area contributed by atoms with Gasteiger partial charge >= 0.3 is 0 Å². The molecule has 7 heteroatoms. The van der Waals surface area contributed by atoms with Crippen LogP contribution in [0.3, 0.4) is 0 Å². The molecule has 0 aliphatic carbocycles. The van der Waals surface area contributed by atoms with Crippen molar-refractivity contribution in [2.75, 3.05) is 0 Å². The van der Waals surface area contributed by atoms with E-state index in [9.17, 15) is 8.78 Å². The van der Waals surface area contributed by atoms with E-state index in [1.54, 1.807) is 42.5 Å². The van der Waals surface area contributed by atoms with Gasteiger partial charge < -0.3 is 4.74 Å². The summed E-state index contributed by atoms with van der Waals surface area (Å²) >= 11 is 12.0. The molecule has 3 rings (SSSR count). The van der Waals surface area contributed by atoms with E-state index in [1.165, 1.54) is 0 Å². The van der Waals surface area contributed by atoms with Crippen molar-refractivity contribution in [2.45, 2.75) is 6.43 Å². The third kappa shape index (κ3) is 2.82. The zero-order valence-electron chi connectivity index (χ0n) is 10.9. The molecule has 1 heterocycles. The molecule has 112 valence electrons. The van der Waals surface area contributed by atoms with Gasteiger partial charge in [-0.25, -0.2) is 13.8 Å². The van der Waals surface area contributed by atoms with E-state index >= 15 is 0 Å². The number of nitrogens with zero attached hydrogens (tertiary/aromatic N) is 2. The molecule has 0 unspecified atom stereocenters. The number of ether oxygens (including phenoxy) is 1. The van der Waals surface area contributed by atoms with Crippen molar-refractivity contribution in [2.24, 2.45) is 0 Å². The molecule has 2 aromatic carbocycles. The van der Waals surface area contributed by atoms with Crippen LogP contribution in [-0.4, -0.2) is 9.97 Å². The van der Waals surface area contributed by atoms with Gasteiger partial charge in [0.1, 0.15) is 10.8 Å². The van der Waals surface area contributed by atoms with Gasteiger partial charge in [0.05, 0.1) is 15.9 Å². The van der Waals surface area contributed by atoms with Crippen LogP contribution in [0.5, 0.6) is 11.6 Å². The third-order valence-corrected chi connectivity index (χ3v) is 3.71. The zero-order chi connectivity index (χ0) is 15.7. The highest BCUT2D eigenvalue weighted by Crippen LogP contribution is 2.36. The Bertz CT molecular complexity index is 843. The van der Waals surface area contributed by atoms with Gasteiger partial charge in [0.2, 0.25) is 5.88 Å². The molecule has 0 saturated heterocycles. The molecule has 22 heavy (non-hydrogen) atoms. The minimum atomic E-state index is -2.80. The highest BCUT2D eigenvalue weighted by molar-refractivity contribution is 6.42. The molecule has 0 N–H and O–H groups in total. The Labute approximate surface area is 134 Å². The van der Waals surface area contributed by atoms with Crippen LogP contribution in [0.25, 0.3) is 10.9 Å². The van der Waals surface area contributed by atoms with Gasteiger partial charge in [-0.05, 0) is 24.3 Å². The molecule has 0 fully saturated rings. The van der Waals surface area contributed by atoms with Crippen molar-refractivity contribution < 1.29 is 13.5 Å². The van der Waals surface area contributed by atoms with E-state index in [1.807, 2.05) is 0 Å². The van der Waals surface area contributed by atoms with Gasteiger partial charge in [0.15, 0.2) is 5.82 Å². The summed E-state index contributed by atoms with van der Waals surface area (Å²) in [6.07, 6.45) is -2.80. The molecule has 0 radical (unpaired) electrons. The van der Waals surface area contributed by atoms with Crippen molar-refractivity contribution >= 4 is 34.1 Å². The molecule has 3 nitrogen and oxygen atoms in total. The van der Waals surface area contributed by atoms with Crippen molar-refractivity contribution in [3.05, 3.63) is 58.3 Å². The van der Waals surface area contributed by atoms with Crippen LogP contribution < -0.4 is 4.74 Å². The van der Waals surface area contributed by atoms with Crippen LogP contribution in [0, 0.1) is 0 Å². The molecule has 0 bridgehead atoms. The van der Waals surface area contributed by atoms with E-state index in [4.69, 9.17) is 27.9 Å². The van der Waals surface area contributed by atoms with Gasteiger partial charge in [-0.15, -0.1) is 0 Å². The highest BCUT2D eigenvalue weighted by atomic mass is 35.5. The van der Waals surface area contributed by atoms with Crippen molar-refractivity contribution in [1.29, 1.82) is 0 Å². The van der Waals surface area contributed by atoms with E-state index < -0.39 is 12.2 Å². The standard InChI is InChI=1S/C15H8Cl2F2N2O/c16-9-5-3-7-11(12(9)17)22-15-8-4-1-2-6-10(8)20-14(21-15)13(18)19/h1-7,13H. The molecule has 0 spiro atoms. The predicted molar refractivity (Wildman–Crippen MR) is 81.0 cm³/mol. The van der Waals surface area contributed by atoms with Gasteiger partial charge in [-0.3, -0.25) is 0 Å². The van der Waals surface area contributed by atoms with Gasteiger partial charge in [-0.1, -0.05) is 41.4 Å². The molecule has 3 aromatic rings. The summed E-state index contributed by atoms with van der Waals surface area (Å²) in [4.78, 5) is 7.60. The van der Waals surface area contributed by atoms with Crippen LogP contribution in [0.1, 0.15) is 12.2 Å². The average molecular weight is 341 g/mol. The Morgan fingerprint density at radius 2 is 1.73 bits per heavy atom. The molecule has 1 aromatic heterocycles. The maximum atomic E-state index is 12.9. The van der Waals surface area contributed by atoms with E-state index in [2.05, 4.69) is 9.97 Å². The monoisotopic (exact) mass is 340 g/mol. The summed E-state index contributed by atoms with van der Waals surface area (Å²) in [5.41, 5.74) is 0.362. The summed E-state index contributed by atoms with van der Waals surface area (Å²) in [5, 5.41) is 0.986. The Kier molecular flexibility index (Phi) is 4.09. The number of aromatic nitrogens is 2. The first-order valence-electron chi connectivity index (χ1n) is 6.23. The SMILES string of the molecule is FC(F)c1nc(Oc2cccc(Cl)c2Cl)c2ccccc2n1. The van der Waals surface area contributed by atoms with Gasteiger partial charge in [0.25, 0.3) is 6.43 Å². The van der Waals surface area contributed by atoms with Crippen molar-refractivity contribution in [3.8, 4) is 11.6 Å². The second-order valence-corrected chi connectivity index (χ2v) is 5.14. The Balaban J connectivity index is 2.15. The van der Waals surface area contributed by atoms with Gasteiger partial charge in [0, 0.05) is 0 Å². The lowest BCUT2D eigenvalue weighted by Gasteiger charge is -2.11. The van der Waals surface area contributed by atoms with Crippen LogP contribution >= 0.6 is 23.2 Å². The van der Waals surface area contributed by atoms with Crippen LogP contribution in [-0.2, 0) is 0 Å². The second-order valence-electron chi connectivity index (χ2n) is 4.36. The zero-order valence-corrected chi connectivity index (χ0v) is 12.4. The molecule has 0 aliphatic rings. The van der Waals surface area contributed by atoms with Crippen LogP contribution in [0.15, 0.2) is 42.5 Å². The molecule has 0 saturated carbocycles. The lowest BCUT2D eigenvalue weighted by molar-refractivity contribution is 0.140. The fourth-order valence-electron chi connectivity index (χ4n) is 1.91. The molecule has 0 amide bonds.